The van der Waals surface area contributed by atoms with Crippen LogP contribution in [-0.2, 0) is 16.1 Å². The molecule has 0 unspecified atom stereocenters. The fourth-order valence-corrected chi connectivity index (χ4v) is 4.43. The SMILES string of the molecule is O=C(CN1C(=O)C(=Cc2cccc(Cl)c2)Sc2ccccc21)NCc1ccc(F)cc1. The van der Waals surface area contributed by atoms with E-state index in [0.717, 1.165) is 16.0 Å². The normalized spacial score (nSPS) is 14.5. The molecule has 1 N–H and O–H groups in total. The Balaban J connectivity index is 1.54. The number of nitrogens with zero attached hydrogens (tertiary/aromatic N) is 1. The van der Waals surface area contributed by atoms with Gasteiger partial charge in [-0.15, -0.1) is 0 Å². The van der Waals surface area contributed by atoms with Crippen LogP contribution in [0.4, 0.5) is 10.1 Å². The second kappa shape index (κ2) is 9.37. The van der Waals surface area contributed by atoms with E-state index in [9.17, 15) is 14.0 Å². The van der Waals surface area contributed by atoms with Crippen molar-refractivity contribution in [2.24, 2.45) is 0 Å². The zero-order valence-electron chi connectivity index (χ0n) is 16.3. The summed E-state index contributed by atoms with van der Waals surface area (Å²) in [6.45, 7) is 0.132. The van der Waals surface area contributed by atoms with Crippen molar-refractivity contribution >= 4 is 46.9 Å². The molecule has 0 aromatic heterocycles. The summed E-state index contributed by atoms with van der Waals surface area (Å²) in [5, 5.41) is 3.37. The van der Waals surface area contributed by atoms with Gasteiger partial charge in [0.15, 0.2) is 0 Å². The minimum absolute atomic E-state index is 0.121. The van der Waals surface area contributed by atoms with Crippen LogP contribution in [0, 0.1) is 5.82 Å². The van der Waals surface area contributed by atoms with Gasteiger partial charge in [-0.25, -0.2) is 4.39 Å². The first-order chi connectivity index (χ1) is 15.0. The Kier molecular flexibility index (Phi) is 6.39. The molecule has 31 heavy (non-hydrogen) atoms. The monoisotopic (exact) mass is 452 g/mol. The van der Waals surface area contributed by atoms with E-state index in [-0.39, 0.29) is 30.7 Å². The Morgan fingerprint density at radius 1 is 1.06 bits per heavy atom. The average Bonchev–Trinajstić information content (AvgIpc) is 2.76. The lowest BCUT2D eigenvalue weighted by atomic mass is 10.2. The summed E-state index contributed by atoms with van der Waals surface area (Å²) in [6.07, 6.45) is 1.78. The van der Waals surface area contributed by atoms with Gasteiger partial charge < -0.3 is 5.32 Å². The lowest BCUT2D eigenvalue weighted by molar-refractivity contribution is -0.122. The Labute approximate surface area is 188 Å². The Morgan fingerprint density at radius 2 is 1.84 bits per heavy atom. The summed E-state index contributed by atoms with van der Waals surface area (Å²) in [7, 11) is 0. The number of para-hydroxylation sites is 1. The van der Waals surface area contributed by atoms with Crippen molar-refractivity contribution in [1.82, 2.24) is 5.32 Å². The van der Waals surface area contributed by atoms with Gasteiger partial charge in [0.05, 0.1) is 10.6 Å². The first-order valence-electron chi connectivity index (χ1n) is 9.57. The molecule has 0 fully saturated rings. The van der Waals surface area contributed by atoms with E-state index in [1.807, 2.05) is 36.4 Å². The molecule has 1 aliphatic rings. The van der Waals surface area contributed by atoms with Gasteiger partial charge >= 0.3 is 0 Å². The van der Waals surface area contributed by atoms with Gasteiger partial charge in [0, 0.05) is 16.5 Å². The first kappa shape index (κ1) is 21.2. The third-order valence-corrected chi connectivity index (χ3v) is 6.00. The number of nitrogens with one attached hydrogen (secondary N) is 1. The fraction of sp³-hybridized carbons (Fsp3) is 0.0833. The number of anilines is 1. The second-order valence-electron chi connectivity index (χ2n) is 6.93. The first-order valence-corrected chi connectivity index (χ1v) is 10.8. The van der Waals surface area contributed by atoms with E-state index in [4.69, 9.17) is 11.6 Å². The number of hydrogen-bond acceptors (Lipinski definition) is 3. The summed E-state index contributed by atoms with van der Waals surface area (Å²) in [5.41, 5.74) is 2.28. The van der Waals surface area contributed by atoms with Crippen molar-refractivity contribution < 1.29 is 14.0 Å². The number of carbonyl (C=O) groups excluding carboxylic acids is 2. The van der Waals surface area contributed by atoms with Gasteiger partial charge in [-0.1, -0.05) is 59.8 Å². The third-order valence-electron chi connectivity index (χ3n) is 4.68. The molecule has 0 saturated heterocycles. The molecule has 1 aliphatic heterocycles. The topological polar surface area (TPSA) is 49.4 Å². The molecule has 156 valence electrons. The highest BCUT2D eigenvalue weighted by atomic mass is 35.5. The van der Waals surface area contributed by atoms with Crippen molar-refractivity contribution in [2.75, 3.05) is 11.4 Å². The van der Waals surface area contributed by atoms with Crippen LogP contribution < -0.4 is 10.2 Å². The van der Waals surface area contributed by atoms with Crippen molar-refractivity contribution in [3.63, 3.8) is 0 Å². The van der Waals surface area contributed by atoms with Crippen LogP contribution in [0.15, 0.2) is 82.6 Å². The van der Waals surface area contributed by atoms with Crippen LogP contribution in [0.25, 0.3) is 6.08 Å². The molecule has 3 aromatic rings. The number of thioether (sulfide) groups is 1. The van der Waals surface area contributed by atoms with Crippen LogP contribution >= 0.6 is 23.4 Å². The molecule has 4 nitrogen and oxygen atoms in total. The molecular formula is C24H18ClFN2O2S. The number of carbonyl (C=O) groups is 2. The molecule has 0 atom stereocenters. The molecule has 7 heteroatoms. The van der Waals surface area contributed by atoms with Gasteiger partial charge in [-0.05, 0) is 53.6 Å². The summed E-state index contributed by atoms with van der Waals surface area (Å²) < 4.78 is 13.0. The standard InChI is InChI=1S/C24H18ClFN2O2S/c25-18-5-3-4-17(12-18)13-22-24(30)28(20-6-1-2-7-21(20)31-22)15-23(29)27-14-16-8-10-19(26)11-9-16/h1-13H,14-15H2,(H,27,29). The number of hydrogen-bond donors (Lipinski definition) is 1. The Bertz CT molecular complexity index is 1160. The van der Waals surface area contributed by atoms with Crippen molar-refractivity contribution in [2.45, 2.75) is 11.4 Å². The number of rotatable bonds is 5. The van der Waals surface area contributed by atoms with E-state index in [0.29, 0.717) is 15.6 Å². The van der Waals surface area contributed by atoms with Crippen molar-refractivity contribution in [3.05, 3.63) is 99.7 Å². The van der Waals surface area contributed by atoms with Gasteiger partial charge in [0.1, 0.15) is 12.4 Å². The maximum absolute atomic E-state index is 13.2. The predicted octanol–water partition coefficient (Wildman–Crippen LogP) is 5.28. The zero-order chi connectivity index (χ0) is 21.8. The van der Waals surface area contributed by atoms with Crippen LogP contribution in [0.2, 0.25) is 5.02 Å². The van der Waals surface area contributed by atoms with Gasteiger partial charge in [0.25, 0.3) is 5.91 Å². The third kappa shape index (κ3) is 5.16. The molecular weight excluding hydrogens is 435 g/mol. The Morgan fingerprint density at radius 3 is 2.61 bits per heavy atom. The summed E-state index contributed by atoms with van der Waals surface area (Å²) in [6, 6.07) is 20.6. The van der Waals surface area contributed by atoms with Crippen LogP contribution in [0.3, 0.4) is 0 Å². The highest BCUT2D eigenvalue weighted by Gasteiger charge is 2.30. The largest absolute Gasteiger partial charge is 0.350 e. The lowest BCUT2D eigenvalue weighted by Gasteiger charge is -2.29. The molecule has 0 saturated carbocycles. The summed E-state index contributed by atoms with van der Waals surface area (Å²) in [4.78, 5) is 28.7. The zero-order valence-corrected chi connectivity index (χ0v) is 17.9. The molecule has 0 aliphatic carbocycles. The van der Waals surface area contributed by atoms with Crippen molar-refractivity contribution in [3.8, 4) is 0 Å². The maximum Gasteiger partial charge on any atom is 0.265 e. The lowest BCUT2D eigenvalue weighted by Crippen LogP contribution is -2.42. The van der Waals surface area contributed by atoms with E-state index in [1.54, 1.807) is 30.3 Å². The molecule has 0 bridgehead atoms. The summed E-state index contributed by atoms with van der Waals surface area (Å²) in [5.74, 6) is -0.885. The quantitative estimate of drug-likeness (QED) is 0.536. The van der Waals surface area contributed by atoms with Gasteiger partial charge in [-0.3, -0.25) is 14.5 Å². The number of amides is 2. The van der Waals surface area contributed by atoms with Gasteiger partial charge in [-0.2, -0.15) is 0 Å². The van der Waals surface area contributed by atoms with Crippen molar-refractivity contribution in [1.29, 1.82) is 0 Å². The van der Waals surface area contributed by atoms with E-state index < -0.39 is 0 Å². The fourth-order valence-electron chi connectivity index (χ4n) is 3.17. The smallest absolute Gasteiger partial charge is 0.265 e. The van der Waals surface area contributed by atoms with Crippen LogP contribution in [0.1, 0.15) is 11.1 Å². The number of benzene rings is 3. The molecule has 0 radical (unpaired) electrons. The maximum atomic E-state index is 13.2. The van der Waals surface area contributed by atoms with Crippen LogP contribution in [0.5, 0.6) is 0 Å². The highest BCUT2D eigenvalue weighted by Crippen LogP contribution is 2.41. The molecule has 2 amide bonds. The van der Waals surface area contributed by atoms with E-state index in [1.165, 1.54) is 28.8 Å². The predicted molar refractivity (Wildman–Crippen MR) is 122 cm³/mol. The molecule has 3 aromatic carbocycles. The molecule has 4 rings (SSSR count). The highest BCUT2D eigenvalue weighted by molar-refractivity contribution is 8.04. The second-order valence-corrected chi connectivity index (χ2v) is 8.45. The number of halogens is 2. The Hall–Kier alpha value is -3.09. The summed E-state index contributed by atoms with van der Waals surface area (Å²) >= 11 is 7.43. The van der Waals surface area contributed by atoms with Gasteiger partial charge in [0.2, 0.25) is 5.91 Å². The minimum atomic E-state index is -0.331. The average molecular weight is 453 g/mol. The molecule has 1 heterocycles. The molecule has 0 spiro atoms. The number of fused-ring (bicyclic) bond motifs is 1. The van der Waals surface area contributed by atoms with E-state index in [2.05, 4.69) is 5.32 Å². The minimum Gasteiger partial charge on any atom is -0.350 e. The van der Waals surface area contributed by atoms with Crippen LogP contribution in [-0.4, -0.2) is 18.4 Å². The van der Waals surface area contributed by atoms with E-state index >= 15 is 0 Å².